The van der Waals surface area contributed by atoms with Crippen molar-refractivity contribution in [2.75, 3.05) is 14.2 Å². The van der Waals surface area contributed by atoms with E-state index in [9.17, 15) is 9.59 Å². The van der Waals surface area contributed by atoms with Gasteiger partial charge in [-0.25, -0.2) is 4.79 Å². The quantitative estimate of drug-likeness (QED) is 0.588. The van der Waals surface area contributed by atoms with Gasteiger partial charge in [0.05, 0.1) is 18.5 Å². The first-order valence-corrected chi connectivity index (χ1v) is 6.35. The van der Waals surface area contributed by atoms with Crippen molar-refractivity contribution < 1.29 is 19.1 Å². The fraction of sp³-hybridized carbons (Fsp3) is 0.750. The van der Waals surface area contributed by atoms with Gasteiger partial charge in [-0.2, -0.15) is 0 Å². The zero-order chi connectivity index (χ0) is 15.1. The minimum absolute atomic E-state index is 0.0392. The highest BCUT2D eigenvalue weighted by molar-refractivity contribution is 7.80. The van der Waals surface area contributed by atoms with E-state index in [1.54, 1.807) is 27.8 Å². The van der Waals surface area contributed by atoms with Crippen molar-refractivity contribution in [1.29, 1.82) is 0 Å². The molecular formula is C12H22N2O4S. The number of amides is 1. The van der Waals surface area contributed by atoms with Crippen molar-refractivity contribution in [3.63, 3.8) is 0 Å². The lowest BCUT2D eigenvalue weighted by molar-refractivity contribution is -0.141. The third-order valence-electron chi connectivity index (χ3n) is 2.07. The van der Waals surface area contributed by atoms with Gasteiger partial charge in [0, 0.05) is 19.5 Å². The summed E-state index contributed by atoms with van der Waals surface area (Å²) in [6.07, 6.45) is -0.196. The van der Waals surface area contributed by atoms with Gasteiger partial charge in [0.1, 0.15) is 5.60 Å². The molecule has 0 radical (unpaired) electrons. The molecule has 0 saturated carbocycles. The van der Waals surface area contributed by atoms with Gasteiger partial charge in [0.15, 0.2) is 0 Å². The molecule has 0 aromatic heterocycles. The SMILES string of the molecule is CNC(=S)C[C@@H](CC(=O)OC)NC(=O)OC(C)(C)C. The number of ether oxygens (including phenoxy) is 2. The molecule has 2 N–H and O–H groups in total. The number of esters is 1. The van der Waals surface area contributed by atoms with Gasteiger partial charge >= 0.3 is 12.1 Å². The Morgan fingerprint density at radius 2 is 1.84 bits per heavy atom. The summed E-state index contributed by atoms with van der Waals surface area (Å²) in [5.41, 5.74) is -0.594. The van der Waals surface area contributed by atoms with Crippen molar-refractivity contribution in [1.82, 2.24) is 10.6 Å². The molecule has 0 fully saturated rings. The molecule has 1 amide bonds. The van der Waals surface area contributed by atoms with E-state index in [2.05, 4.69) is 15.4 Å². The Hall–Kier alpha value is -1.37. The Balaban J connectivity index is 4.52. The van der Waals surface area contributed by atoms with E-state index in [4.69, 9.17) is 17.0 Å². The monoisotopic (exact) mass is 290 g/mol. The lowest BCUT2D eigenvalue weighted by Gasteiger charge is -2.23. The maximum Gasteiger partial charge on any atom is 0.407 e. The summed E-state index contributed by atoms with van der Waals surface area (Å²) in [5, 5.41) is 5.41. The Morgan fingerprint density at radius 1 is 1.26 bits per heavy atom. The maximum absolute atomic E-state index is 11.7. The fourth-order valence-corrected chi connectivity index (χ4v) is 1.46. The number of alkyl carbamates (subject to hydrolysis) is 1. The van der Waals surface area contributed by atoms with E-state index in [0.717, 1.165) is 0 Å². The Kier molecular flexibility index (Phi) is 7.36. The van der Waals surface area contributed by atoms with Crippen LogP contribution < -0.4 is 10.6 Å². The molecule has 0 unspecified atom stereocenters. The topological polar surface area (TPSA) is 76.7 Å². The van der Waals surface area contributed by atoms with Gasteiger partial charge in [-0.1, -0.05) is 12.2 Å². The lowest BCUT2D eigenvalue weighted by Crippen LogP contribution is -2.42. The van der Waals surface area contributed by atoms with Crippen LogP contribution in [0.2, 0.25) is 0 Å². The van der Waals surface area contributed by atoms with E-state index in [1.807, 2.05) is 0 Å². The molecule has 0 bridgehead atoms. The third kappa shape index (κ3) is 9.24. The van der Waals surface area contributed by atoms with Crippen LogP contribution in [0.1, 0.15) is 33.6 Å². The van der Waals surface area contributed by atoms with Crippen LogP contribution in [0.4, 0.5) is 4.79 Å². The second kappa shape index (κ2) is 7.93. The second-order valence-corrected chi connectivity index (χ2v) is 5.49. The van der Waals surface area contributed by atoms with E-state index in [-0.39, 0.29) is 6.42 Å². The van der Waals surface area contributed by atoms with Crippen LogP contribution in [0.25, 0.3) is 0 Å². The number of carbonyl (C=O) groups is 2. The average molecular weight is 290 g/mol. The molecule has 110 valence electrons. The molecule has 0 heterocycles. The lowest BCUT2D eigenvalue weighted by atomic mass is 10.1. The van der Waals surface area contributed by atoms with Crippen molar-refractivity contribution in [3.05, 3.63) is 0 Å². The van der Waals surface area contributed by atoms with E-state index in [0.29, 0.717) is 11.4 Å². The predicted molar refractivity (Wildman–Crippen MR) is 76.1 cm³/mol. The molecule has 0 spiro atoms. The van der Waals surface area contributed by atoms with Crippen LogP contribution in [0.3, 0.4) is 0 Å². The standard InChI is InChI=1S/C12H22N2O4S/c1-12(2,3)18-11(16)14-8(6-9(19)13-4)7-10(15)17-5/h8H,6-7H2,1-5H3,(H,13,19)(H,14,16)/t8-/m0/s1. The van der Waals surface area contributed by atoms with Gasteiger partial charge in [-0.15, -0.1) is 0 Å². The van der Waals surface area contributed by atoms with Gasteiger partial charge in [-0.3, -0.25) is 4.79 Å². The van der Waals surface area contributed by atoms with Crippen LogP contribution in [-0.2, 0) is 14.3 Å². The minimum atomic E-state index is -0.594. The summed E-state index contributed by atoms with van der Waals surface area (Å²) in [6.45, 7) is 5.29. The van der Waals surface area contributed by atoms with Crippen LogP contribution in [0, 0.1) is 0 Å². The number of hydrogen-bond donors (Lipinski definition) is 2. The smallest absolute Gasteiger partial charge is 0.407 e. The predicted octanol–water partition coefficient (Wildman–Crippen LogP) is 1.38. The van der Waals surface area contributed by atoms with Gasteiger partial charge in [0.2, 0.25) is 0 Å². The third-order valence-corrected chi connectivity index (χ3v) is 2.44. The first kappa shape index (κ1) is 17.6. The number of carbonyl (C=O) groups excluding carboxylic acids is 2. The summed E-state index contributed by atoms with van der Waals surface area (Å²) in [6, 6.07) is -0.456. The molecule has 0 aliphatic rings. The van der Waals surface area contributed by atoms with Crippen molar-refractivity contribution in [3.8, 4) is 0 Å². The maximum atomic E-state index is 11.7. The normalized spacial score (nSPS) is 12.3. The molecule has 1 atom stereocenters. The van der Waals surface area contributed by atoms with E-state index >= 15 is 0 Å². The highest BCUT2D eigenvalue weighted by Gasteiger charge is 2.22. The van der Waals surface area contributed by atoms with Gasteiger partial charge in [0.25, 0.3) is 0 Å². The van der Waals surface area contributed by atoms with Crippen molar-refractivity contribution in [2.24, 2.45) is 0 Å². The first-order valence-electron chi connectivity index (χ1n) is 5.95. The summed E-state index contributed by atoms with van der Waals surface area (Å²) < 4.78 is 9.72. The van der Waals surface area contributed by atoms with Crippen LogP contribution in [0.15, 0.2) is 0 Å². The molecule has 19 heavy (non-hydrogen) atoms. The Bertz CT molecular complexity index is 321. The molecule has 0 rings (SSSR count). The molecule has 0 aliphatic heterocycles. The summed E-state index contributed by atoms with van der Waals surface area (Å²) in [5.74, 6) is -0.417. The summed E-state index contributed by atoms with van der Waals surface area (Å²) in [4.78, 5) is 23.5. The average Bonchev–Trinajstić information content (AvgIpc) is 2.25. The van der Waals surface area contributed by atoms with E-state index in [1.165, 1.54) is 7.11 Å². The summed E-state index contributed by atoms with van der Waals surface area (Å²) >= 11 is 5.03. The number of rotatable bonds is 5. The van der Waals surface area contributed by atoms with Gasteiger partial charge in [-0.05, 0) is 20.8 Å². The molecule has 7 heteroatoms. The van der Waals surface area contributed by atoms with Crippen LogP contribution in [0.5, 0.6) is 0 Å². The second-order valence-electron chi connectivity index (χ2n) is 5.00. The van der Waals surface area contributed by atoms with Gasteiger partial charge < -0.3 is 20.1 Å². The number of methoxy groups -OCH3 is 1. The zero-order valence-corrected chi connectivity index (χ0v) is 12.8. The highest BCUT2D eigenvalue weighted by atomic mass is 32.1. The summed E-state index contributed by atoms with van der Waals surface area (Å²) in [7, 11) is 2.98. The Morgan fingerprint density at radius 3 is 2.26 bits per heavy atom. The number of thiocarbonyl (C=S) groups is 1. The van der Waals surface area contributed by atoms with Crippen molar-refractivity contribution >= 4 is 29.3 Å². The molecule has 6 nitrogen and oxygen atoms in total. The molecule has 0 aromatic rings. The number of hydrogen-bond acceptors (Lipinski definition) is 5. The Labute approximate surface area is 119 Å². The van der Waals surface area contributed by atoms with Crippen LogP contribution in [-0.4, -0.2) is 42.9 Å². The molecule has 0 aromatic carbocycles. The first-order chi connectivity index (χ1) is 8.67. The fourth-order valence-electron chi connectivity index (χ4n) is 1.26. The van der Waals surface area contributed by atoms with Crippen LogP contribution >= 0.6 is 12.2 Å². The number of nitrogens with one attached hydrogen (secondary N) is 2. The molecule has 0 saturated heterocycles. The minimum Gasteiger partial charge on any atom is -0.469 e. The zero-order valence-electron chi connectivity index (χ0n) is 12.0. The largest absolute Gasteiger partial charge is 0.469 e. The molecule has 0 aliphatic carbocycles. The molecular weight excluding hydrogens is 268 g/mol. The van der Waals surface area contributed by atoms with E-state index < -0.39 is 23.7 Å². The highest BCUT2D eigenvalue weighted by Crippen LogP contribution is 2.08. The van der Waals surface area contributed by atoms with Crippen molar-refractivity contribution in [2.45, 2.75) is 45.3 Å².